The number of nitrogens with one attached hydrogen (secondary N) is 1. The SMILES string of the molecule is CC(CC1CCCO1)C(=O)N[C@@H]1CCN(C(=O)c2cc(C(F)F)ccc2Cl)C[C@H]1CO. The van der Waals surface area contributed by atoms with E-state index in [9.17, 15) is 23.5 Å². The van der Waals surface area contributed by atoms with Gasteiger partial charge in [-0.15, -0.1) is 0 Å². The van der Waals surface area contributed by atoms with Crippen LogP contribution in [0.25, 0.3) is 0 Å². The fraction of sp³-hybridized carbons (Fsp3) is 0.636. The van der Waals surface area contributed by atoms with E-state index in [0.717, 1.165) is 25.5 Å². The van der Waals surface area contributed by atoms with E-state index in [-0.39, 0.29) is 59.2 Å². The monoisotopic (exact) mass is 458 g/mol. The number of amides is 2. The summed E-state index contributed by atoms with van der Waals surface area (Å²) in [5.41, 5.74) is -0.252. The Hall–Kier alpha value is -1.77. The molecule has 2 unspecified atom stereocenters. The third kappa shape index (κ3) is 5.93. The van der Waals surface area contributed by atoms with E-state index in [1.54, 1.807) is 0 Å². The minimum absolute atomic E-state index is 0.0174. The largest absolute Gasteiger partial charge is 0.396 e. The van der Waals surface area contributed by atoms with E-state index < -0.39 is 12.3 Å². The van der Waals surface area contributed by atoms with Crippen LogP contribution in [0.3, 0.4) is 0 Å². The molecule has 2 fully saturated rings. The van der Waals surface area contributed by atoms with Crippen molar-refractivity contribution in [3.05, 3.63) is 34.3 Å². The molecular weight excluding hydrogens is 430 g/mol. The molecule has 0 aromatic heterocycles. The summed E-state index contributed by atoms with van der Waals surface area (Å²) >= 11 is 6.08. The maximum Gasteiger partial charge on any atom is 0.263 e. The Morgan fingerprint density at radius 1 is 1.35 bits per heavy atom. The Bertz CT molecular complexity index is 789. The van der Waals surface area contributed by atoms with Crippen LogP contribution in [0.5, 0.6) is 0 Å². The van der Waals surface area contributed by atoms with Gasteiger partial charge in [-0.2, -0.15) is 0 Å². The minimum Gasteiger partial charge on any atom is -0.396 e. The lowest BCUT2D eigenvalue weighted by molar-refractivity contribution is -0.127. The summed E-state index contributed by atoms with van der Waals surface area (Å²) in [4.78, 5) is 27.0. The number of likely N-dealkylation sites (tertiary alicyclic amines) is 1. The predicted octanol–water partition coefficient (Wildman–Crippen LogP) is 3.42. The van der Waals surface area contributed by atoms with Crippen molar-refractivity contribution >= 4 is 23.4 Å². The van der Waals surface area contributed by atoms with Crippen molar-refractivity contribution < 1.29 is 28.2 Å². The Morgan fingerprint density at radius 3 is 2.77 bits per heavy atom. The number of hydrogen-bond donors (Lipinski definition) is 2. The number of nitrogens with zero attached hydrogens (tertiary/aromatic N) is 1. The van der Waals surface area contributed by atoms with Crippen LogP contribution in [-0.4, -0.2) is 60.3 Å². The number of benzene rings is 1. The Labute approximate surface area is 185 Å². The first-order valence-electron chi connectivity index (χ1n) is 10.7. The van der Waals surface area contributed by atoms with Crippen molar-refractivity contribution in [3.8, 4) is 0 Å². The molecule has 0 saturated carbocycles. The fourth-order valence-corrected chi connectivity index (χ4v) is 4.46. The van der Waals surface area contributed by atoms with E-state index in [0.29, 0.717) is 19.4 Å². The molecule has 1 aromatic carbocycles. The van der Waals surface area contributed by atoms with Gasteiger partial charge in [-0.25, -0.2) is 8.78 Å². The quantitative estimate of drug-likeness (QED) is 0.656. The number of aliphatic hydroxyl groups is 1. The van der Waals surface area contributed by atoms with Gasteiger partial charge in [-0.3, -0.25) is 9.59 Å². The molecule has 2 aliphatic rings. The number of ether oxygens (including phenoxy) is 1. The van der Waals surface area contributed by atoms with Gasteiger partial charge in [0.15, 0.2) is 0 Å². The normalized spacial score (nSPS) is 25.0. The summed E-state index contributed by atoms with van der Waals surface area (Å²) in [6.45, 7) is 2.93. The lowest BCUT2D eigenvalue weighted by Crippen LogP contribution is -2.54. The summed E-state index contributed by atoms with van der Waals surface area (Å²) < 4.78 is 31.6. The molecule has 9 heteroatoms. The molecule has 2 heterocycles. The molecule has 2 saturated heterocycles. The number of carbonyl (C=O) groups excluding carboxylic acids is 2. The molecule has 0 spiro atoms. The molecule has 172 valence electrons. The van der Waals surface area contributed by atoms with Gasteiger partial charge in [-0.1, -0.05) is 24.6 Å². The van der Waals surface area contributed by atoms with Crippen LogP contribution >= 0.6 is 11.6 Å². The third-order valence-electron chi connectivity index (χ3n) is 6.14. The second-order valence-electron chi connectivity index (χ2n) is 8.41. The highest BCUT2D eigenvalue weighted by molar-refractivity contribution is 6.33. The van der Waals surface area contributed by atoms with E-state index in [4.69, 9.17) is 16.3 Å². The summed E-state index contributed by atoms with van der Waals surface area (Å²) in [6.07, 6.45) is 0.511. The highest BCUT2D eigenvalue weighted by Gasteiger charge is 2.34. The van der Waals surface area contributed by atoms with Crippen molar-refractivity contribution in [2.24, 2.45) is 11.8 Å². The zero-order valence-corrected chi connectivity index (χ0v) is 18.3. The lowest BCUT2D eigenvalue weighted by atomic mass is 9.91. The first-order chi connectivity index (χ1) is 14.8. The maximum absolute atomic E-state index is 13.0. The minimum atomic E-state index is -2.70. The van der Waals surface area contributed by atoms with Gasteiger partial charge in [0, 0.05) is 49.7 Å². The number of aliphatic hydroxyl groups excluding tert-OH is 1. The number of alkyl halides is 2. The van der Waals surface area contributed by atoms with E-state index in [1.807, 2.05) is 6.92 Å². The van der Waals surface area contributed by atoms with Crippen LogP contribution in [0, 0.1) is 11.8 Å². The molecular formula is C22H29ClF2N2O4. The Kier molecular flexibility index (Phi) is 8.24. The summed E-state index contributed by atoms with van der Waals surface area (Å²) in [7, 11) is 0. The second kappa shape index (κ2) is 10.7. The highest BCUT2D eigenvalue weighted by atomic mass is 35.5. The molecule has 1 aromatic rings. The lowest BCUT2D eigenvalue weighted by Gasteiger charge is -2.38. The standard InChI is InChI=1S/C22H29ClF2N2O4/c1-13(9-16-3-2-8-31-16)21(29)26-19-6-7-27(11-15(19)12-28)22(30)17-10-14(20(24)25)4-5-18(17)23/h4-5,10,13,15-16,19-20,28H,2-3,6-9,11-12H2,1H3,(H,26,29)/t13?,15-,16?,19+/m0/s1. The van der Waals surface area contributed by atoms with Crippen molar-refractivity contribution in [2.75, 3.05) is 26.3 Å². The zero-order chi connectivity index (χ0) is 22.5. The van der Waals surface area contributed by atoms with Crippen LogP contribution in [0.15, 0.2) is 18.2 Å². The van der Waals surface area contributed by atoms with Gasteiger partial charge in [0.05, 0.1) is 16.7 Å². The zero-order valence-electron chi connectivity index (χ0n) is 17.5. The molecule has 3 rings (SSSR count). The summed E-state index contributed by atoms with van der Waals surface area (Å²) in [5, 5.41) is 13.0. The first-order valence-corrected chi connectivity index (χ1v) is 11.1. The first kappa shape index (κ1) is 23.9. The van der Waals surface area contributed by atoms with Gasteiger partial charge < -0.3 is 20.1 Å². The molecule has 2 N–H and O–H groups in total. The molecule has 2 amide bonds. The van der Waals surface area contributed by atoms with Gasteiger partial charge in [0.25, 0.3) is 12.3 Å². The van der Waals surface area contributed by atoms with Crippen molar-refractivity contribution in [1.82, 2.24) is 10.2 Å². The average Bonchev–Trinajstić information content (AvgIpc) is 3.26. The molecule has 0 radical (unpaired) electrons. The number of rotatable bonds is 7. The van der Waals surface area contributed by atoms with Gasteiger partial charge in [0.1, 0.15) is 0 Å². The van der Waals surface area contributed by atoms with Crippen LogP contribution in [-0.2, 0) is 9.53 Å². The van der Waals surface area contributed by atoms with Crippen molar-refractivity contribution in [1.29, 1.82) is 0 Å². The van der Waals surface area contributed by atoms with Crippen LogP contribution in [0.4, 0.5) is 8.78 Å². The molecule has 6 nitrogen and oxygen atoms in total. The van der Waals surface area contributed by atoms with Crippen molar-refractivity contribution in [2.45, 2.75) is 51.2 Å². The summed E-state index contributed by atoms with van der Waals surface area (Å²) in [6, 6.07) is 3.34. The van der Waals surface area contributed by atoms with E-state index >= 15 is 0 Å². The third-order valence-corrected chi connectivity index (χ3v) is 6.47. The molecule has 0 bridgehead atoms. The van der Waals surface area contributed by atoms with Crippen molar-refractivity contribution in [3.63, 3.8) is 0 Å². The van der Waals surface area contributed by atoms with Crippen LogP contribution in [0.1, 0.15) is 55.0 Å². The molecule has 31 heavy (non-hydrogen) atoms. The highest BCUT2D eigenvalue weighted by Crippen LogP contribution is 2.28. The number of piperidine rings is 1. The number of carbonyl (C=O) groups is 2. The Morgan fingerprint density at radius 2 is 2.13 bits per heavy atom. The molecule has 0 aliphatic carbocycles. The Balaban J connectivity index is 1.60. The van der Waals surface area contributed by atoms with Crippen LogP contribution in [0.2, 0.25) is 5.02 Å². The average molecular weight is 459 g/mol. The molecule has 4 atom stereocenters. The summed E-state index contributed by atoms with van der Waals surface area (Å²) in [5.74, 6) is -1.11. The second-order valence-corrected chi connectivity index (χ2v) is 8.82. The number of halogens is 3. The van der Waals surface area contributed by atoms with E-state index in [2.05, 4.69) is 5.32 Å². The number of hydrogen-bond acceptors (Lipinski definition) is 4. The van der Waals surface area contributed by atoms with Gasteiger partial charge in [-0.05, 0) is 37.8 Å². The fourth-order valence-electron chi connectivity index (χ4n) is 4.26. The van der Waals surface area contributed by atoms with Gasteiger partial charge >= 0.3 is 0 Å². The van der Waals surface area contributed by atoms with Gasteiger partial charge in [0.2, 0.25) is 5.91 Å². The molecule has 2 aliphatic heterocycles. The van der Waals surface area contributed by atoms with E-state index in [1.165, 1.54) is 17.0 Å². The smallest absolute Gasteiger partial charge is 0.263 e. The topological polar surface area (TPSA) is 78.9 Å². The predicted molar refractivity (Wildman–Crippen MR) is 112 cm³/mol. The maximum atomic E-state index is 13.0. The van der Waals surface area contributed by atoms with Crippen LogP contribution < -0.4 is 5.32 Å².